The van der Waals surface area contributed by atoms with Crippen LogP contribution >= 0.6 is 11.8 Å². The van der Waals surface area contributed by atoms with Crippen LogP contribution in [0.4, 0.5) is 11.5 Å². The first-order valence-corrected chi connectivity index (χ1v) is 9.61. The number of benzene rings is 1. The van der Waals surface area contributed by atoms with Crippen LogP contribution in [0.15, 0.2) is 47.5 Å². The van der Waals surface area contributed by atoms with E-state index in [-0.39, 0.29) is 0 Å². The second kappa shape index (κ2) is 9.23. The van der Waals surface area contributed by atoms with Gasteiger partial charge in [-0.3, -0.25) is 25.2 Å². The molecule has 0 spiro atoms. The smallest absolute Gasteiger partial charge is 0.303 e. The maximum atomic E-state index is 12.3. The van der Waals surface area contributed by atoms with Crippen LogP contribution in [0.3, 0.4) is 0 Å². The van der Waals surface area contributed by atoms with Crippen LogP contribution in [0, 0.1) is 0 Å². The Kier molecular flexibility index (Phi) is 7.00. The van der Waals surface area contributed by atoms with E-state index in [0.29, 0.717) is 11.4 Å². The third-order valence-electron chi connectivity index (χ3n) is 3.62. The van der Waals surface area contributed by atoms with Gasteiger partial charge < -0.3 is 10.1 Å². The minimum atomic E-state index is -1.41. The van der Waals surface area contributed by atoms with Gasteiger partial charge in [0.15, 0.2) is 5.60 Å². The fourth-order valence-corrected chi connectivity index (χ4v) is 2.61. The van der Waals surface area contributed by atoms with Crippen molar-refractivity contribution < 1.29 is 19.1 Å². The Labute approximate surface area is 167 Å². The summed E-state index contributed by atoms with van der Waals surface area (Å²) in [6.07, 6.45) is 3.48. The van der Waals surface area contributed by atoms with Crippen molar-refractivity contribution in [3.8, 4) is 0 Å². The van der Waals surface area contributed by atoms with E-state index in [1.807, 2.05) is 30.5 Å². The van der Waals surface area contributed by atoms with Crippen molar-refractivity contribution in [2.24, 2.45) is 0 Å². The molecular weight excluding hydrogens is 380 g/mol. The zero-order valence-corrected chi connectivity index (χ0v) is 16.8. The van der Waals surface area contributed by atoms with Crippen LogP contribution in [0.5, 0.6) is 0 Å². The molecule has 0 aliphatic rings. The SMILES string of the molecule is CSc1ccc(Nc2cc(C(=O)NNC(=O)C(C)(C)OC(C)=O)ccn2)cc1. The summed E-state index contributed by atoms with van der Waals surface area (Å²) in [5, 5.41) is 3.12. The molecule has 2 amide bonds. The van der Waals surface area contributed by atoms with E-state index in [9.17, 15) is 14.4 Å². The molecule has 0 saturated heterocycles. The number of hydrazine groups is 1. The summed E-state index contributed by atoms with van der Waals surface area (Å²) in [6.45, 7) is 4.05. The number of hydrogen-bond donors (Lipinski definition) is 3. The first-order chi connectivity index (χ1) is 13.2. The van der Waals surface area contributed by atoms with Gasteiger partial charge in [0.25, 0.3) is 11.8 Å². The number of carbonyl (C=O) groups is 3. The fraction of sp³-hybridized carbons (Fsp3) is 0.263. The molecule has 2 rings (SSSR count). The number of nitrogens with zero attached hydrogens (tertiary/aromatic N) is 1. The lowest BCUT2D eigenvalue weighted by atomic mass is 10.1. The summed E-state index contributed by atoms with van der Waals surface area (Å²) in [5.41, 5.74) is 4.26. The lowest BCUT2D eigenvalue weighted by molar-refractivity contribution is -0.163. The number of rotatable bonds is 6. The van der Waals surface area contributed by atoms with Gasteiger partial charge >= 0.3 is 5.97 Å². The summed E-state index contributed by atoms with van der Waals surface area (Å²) in [4.78, 5) is 40.7. The molecule has 0 saturated carbocycles. The van der Waals surface area contributed by atoms with Crippen LogP contribution < -0.4 is 16.2 Å². The molecule has 2 aromatic rings. The predicted molar refractivity (Wildman–Crippen MR) is 107 cm³/mol. The maximum absolute atomic E-state index is 12.3. The molecule has 0 fully saturated rings. The lowest BCUT2D eigenvalue weighted by Crippen LogP contribution is -2.52. The summed E-state index contributed by atoms with van der Waals surface area (Å²) in [5.74, 6) is -1.30. The van der Waals surface area contributed by atoms with Crippen LogP contribution in [0.25, 0.3) is 0 Å². The van der Waals surface area contributed by atoms with Crippen LogP contribution in [0.1, 0.15) is 31.1 Å². The number of amides is 2. The fourth-order valence-electron chi connectivity index (χ4n) is 2.20. The van der Waals surface area contributed by atoms with Crippen molar-refractivity contribution in [1.82, 2.24) is 15.8 Å². The van der Waals surface area contributed by atoms with Crippen molar-refractivity contribution in [3.05, 3.63) is 48.2 Å². The summed E-state index contributed by atoms with van der Waals surface area (Å²) in [6, 6.07) is 10.9. The van der Waals surface area contributed by atoms with Gasteiger partial charge in [0.2, 0.25) is 0 Å². The number of carbonyl (C=O) groups excluding carboxylic acids is 3. The molecule has 28 heavy (non-hydrogen) atoms. The van der Waals surface area contributed by atoms with Gasteiger partial charge in [-0.1, -0.05) is 0 Å². The second-order valence-corrected chi connectivity index (χ2v) is 7.18. The van der Waals surface area contributed by atoms with Gasteiger partial charge in [0.1, 0.15) is 5.82 Å². The Balaban J connectivity index is 1.99. The molecule has 0 unspecified atom stereocenters. The van der Waals surface area contributed by atoms with Gasteiger partial charge in [-0.2, -0.15) is 0 Å². The third kappa shape index (κ3) is 5.98. The van der Waals surface area contributed by atoms with Crippen molar-refractivity contribution in [2.75, 3.05) is 11.6 Å². The van der Waals surface area contributed by atoms with Gasteiger partial charge in [0.05, 0.1) is 0 Å². The van der Waals surface area contributed by atoms with Crippen molar-refractivity contribution in [1.29, 1.82) is 0 Å². The highest BCUT2D eigenvalue weighted by Gasteiger charge is 2.31. The molecule has 1 aromatic carbocycles. The first-order valence-electron chi connectivity index (χ1n) is 8.39. The van der Waals surface area contributed by atoms with E-state index in [4.69, 9.17) is 4.74 Å². The van der Waals surface area contributed by atoms with Gasteiger partial charge in [-0.25, -0.2) is 4.98 Å². The molecule has 148 valence electrons. The third-order valence-corrected chi connectivity index (χ3v) is 4.36. The number of esters is 1. The van der Waals surface area contributed by atoms with E-state index in [1.54, 1.807) is 17.8 Å². The molecule has 0 radical (unpaired) electrons. The monoisotopic (exact) mass is 402 g/mol. The Morgan fingerprint density at radius 3 is 2.36 bits per heavy atom. The number of pyridine rings is 1. The van der Waals surface area contributed by atoms with Gasteiger partial charge in [0, 0.05) is 29.3 Å². The van der Waals surface area contributed by atoms with Gasteiger partial charge in [-0.15, -0.1) is 11.8 Å². The minimum absolute atomic E-state index is 0.295. The molecule has 0 bridgehead atoms. The number of aromatic nitrogens is 1. The van der Waals surface area contributed by atoms with Crippen LogP contribution in [-0.2, 0) is 14.3 Å². The minimum Gasteiger partial charge on any atom is -0.450 e. The van der Waals surface area contributed by atoms with E-state index in [1.165, 1.54) is 33.0 Å². The standard InChI is InChI=1S/C19H22N4O4S/c1-12(24)27-19(2,3)18(26)23-22-17(25)13-9-10-20-16(11-13)21-14-5-7-15(28-4)8-6-14/h5-11H,1-4H3,(H,20,21)(H,22,25)(H,23,26). The highest BCUT2D eigenvalue weighted by molar-refractivity contribution is 7.98. The zero-order valence-electron chi connectivity index (χ0n) is 16.0. The number of hydrogen-bond acceptors (Lipinski definition) is 7. The predicted octanol–water partition coefficient (Wildman–Crippen LogP) is 2.65. The van der Waals surface area contributed by atoms with Crippen LogP contribution in [0.2, 0.25) is 0 Å². The average molecular weight is 402 g/mol. The Bertz CT molecular complexity index is 868. The van der Waals surface area contributed by atoms with E-state index >= 15 is 0 Å². The summed E-state index contributed by atoms with van der Waals surface area (Å²) < 4.78 is 4.92. The van der Waals surface area contributed by atoms with Gasteiger partial charge in [-0.05, 0) is 56.5 Å². The van der Waals surface area contributed by atoms with Crippen LogP contribution in [-0.4, -0.2) is 34.6 Å². The average Bonchev–Trinajstić information content (AvgIpc) is 2.65. The highest BCUT2D eigenvalue weighted by atomic mass is 32.2. The number of anilines is 2. The highest BCUT2D eigenvalue weighted by Crippen LogP contribution is 2.20. The summed E-state index contributed by atoms with van der Waals surface area (Å²) in [7, 11) is 0. The number of ether oxygens (including phenoxy) is 1. The molecular formula is C19H22N4O4S. The van der Waals surface area contributed by atoms with Crippen molar-refractivity contribution in [3.63, 3.8) is 0 Å². The normalized spacial score (nSPS) is 10.7. The molecule has 8 nitrogen and oxygen atoms in total. The largest absolute Gasteiger partial charge is 0.450 e. The quantitative estimate of drug-likeness (QED) is 0.387. The van der Waals surface area contributed by atoms with E-state index in [0.717, 1.165) is 10.6 Å². The maximum Gasteiger partial charge on any atom is 0.303 e. The molecule has 0 aliphatic carbocycles. The Morgan fingerprint density at radius 2 is 1.75 bits per heavy atom. The van der Waals surface area contributed by atoms with E-state index < -0.39 is 23.4 Å². The lowest BCUT2D eigenvalue weighted by Gasteiger charge is -2.23. The summed E-state index contributed by atoms with van der Waals surface area (Å²) >= 11 is 1.64. The van der Waals surface area contributed by atoms with E-state index in [2.05, 4.69) is 21.2 Å². The molecule has 1 heterocycles. The Morgan fingerprint density at radius 1 is 1.07 bits per heavy atom. The molecule has 1 aromatic heterocycles. The second-order valence-electron chi connectivity index (χ2n) is 6.30. The molecule has 9 heteroatoms. The molecule has 3 N–H and O–H groups in total. The van der Waals surface area contributed by atoms with Crippen molar-refractivity contribution >= 4 is 41.1 Å². The number of nitrogens with one attached hydrogen (secondary N) is 3. The van der Waals surface area contributed by atoms with Crippen molar-refractivity contribution in [2.45, 2.75) is 31.3 Å². The molecule has 0 aliphatic heterocycles. The number of thioether (sulfide) groups is 1. The Hall–Kier alpha value is -3.07. The zero-order chi connectivity index (χ0) is 20.7. The first kappa shape index (κ1) is 21.2. The molecule has 0 atom stereocenters. The topological polar surface area (TPSA) is 109 Å².